The lowest BCUT2D eigenvalue weighted by molar-refractivity contribution is 1.28. The van der Waals surface area contributed by atoms with E-state index in [-0.39, 0.29) is 0 Å². The molecule has 3 nitrogen and oxygen atoms in total. The topological polar surface area (TPSA) is 41.5 Å². The predicted molar refractivity (Wildman–Crippen MR) is 40.6 cm³/mol. The number of nitrogens with one attached hydrogen (secondary N) is 1. The summed E-state index contributed by atoms with van der Waals surface area (Å²) in [5.74, 6) is 0. The molecule has 1 aromatic rings. The Morgan fingerprint density at radius 3 is 2.70 bits per heavy atom. The van der Waals surface area contributed by atoms with Crippen LogP contribution in [0.3, 0.4) is 0 Å². The van der Waals surface area contributed by atoms with Gasteiger partial charge in [-0.2, -0.15) is 0 Å². The summed E-state index contributed by atoms with van der Waals surface area (Å²) in [5, 5.41) is 2.57. The highest BCUT2D eigenvalue weighted by atomic mass is 16.3. The van der Waals surface area contributed by atoms with Crippen LogP contribution in [0.2, 0.25) is 0 Å². The Morgan fingerprint density at radius 1 is 1.40 bits per heavy atom. The summed E-state index contributed by atoms with van der Waals surface area (Å²) in [4.78, 5) is 9.77. The number of hydrogen-bond donors (Lipinski definition) is 1. The molecule has 0 heterocycles. The first-order valence-electron chi connectivity index (χ1n) is 2.98. The third-order valence-electron chi connectivity index (χ3n) is 1.31. The van der Waals surface area contributed by atoms with Crippen LogP contribution in [0.1, 0.15) is 5.56 Å². The number of nitrogens with zero attached hydrogens (tertiary/aromatic N) is 1. The van der Waals surface area contributed by atoms with Gasteiger partial charge in [0.2, 0.25) is 0 Å². The molecule has 0 saturated heterocycles. The Kier molecular flexibility index (Phi) is 1.99. The molecule has 0 atom stereocenters. The van der Waals surface area contributed by atoms with E-state index in [1.54, 1.807) is 6.07 Å². The molecule has 0 bridgehead atoms. The van der Waals surface area contributed by atoms with E-state index in [1.807, 2.05) is 25.1 Å². The largest absolute Gasteiger partial charge is 0.242 e. The maximum absolute atomic E-state index is 9.77. The standard InChI is InChI=1S/C7H8N2O/c1-6-4-2-3-5-7(6)8-9-10/h2-5H,1H3,(H,8,10). The van der Waals surface area contributed by atoms with E-state index >= 15 is 0 Å². The van der Waals surface area contributed by atoms with Crippen molar-refractivity contribution in [2.24, 2.45) is 5.29 Å². The third-order valence-corrected chi connectivity index (χ3v) is 1.31. The summed E-state index contributed by atoms with van der Waals surface area (Å²) in [6, 6.07) is 7.47. The van der Waals surface area contributed by atoms with E-state index in [4.69, 9.17) is 0 Å². The van der Waals surface area contributed by atoms with E-state index in [2.05, 4.69) is 10.7 Å². The van der Waals surface area contributed by atoms with Crippen LogP contribution in [0, 0.1) is 11.8 Å². The molecule has 0 aliphatic rings. The SMILES string of the molecule is Cc1ccccc1NN=O. The molecule has 0 spiro atoms. The second-order valence-electron chi connectivity index (χ2n) is 2.02. The number of para-hydroxylation sites is 1. The van der Waals surface area contributed by atoms with Gasteiger partial charge in [0.25, 0.3) is 0 Å². The van der Waals surface area contributed by atoms with Gasteiger partial charge in [0, 0.05) is 0 Å². The van der Waals surface area contributed by atoms with Gasteiger partial charge < -0.3 is 0 Å². The summed E-state index contributed by atoms with van der Waals surface area (Å²) in [7, 11) is 0. The molecule has 0 amide bonds. The third kappa shape index (κ3) is 1.31. The van der Waals surface area contributed by atoms with Crippen molar-refractivity contribution in [1.29, 1.82) is 0 Å². The number of rotatable bonds is 2. The van der Waals surface area contributed by atoms with Crippen LogP contribution in [-0.2, 0) is 0 Å². The lowest BCUT2D eigenvalue weighted by Gasteiger charge is -1.98. The van der Waals surface area contributed by atoms with Crippen LogP contribution < -0.4 is 5.43 Å². The molecule has 0 aromatic heterocycles. The summed E-state index contributed by atoms with van der Waals surface area (Å²) in [5.41, 5.74) is 4.12. The number of benzene rings is 1. The number of anilines is 1. The van der Waals surface area contributed by atoms with Crippen molar-refractivity contribution in [2.75, 3.05) is 5.43 Å². The van der Waals surface area contributed by atoms with Crippen LogP contribution in [0.5, 0.6) is 0 Å². The van der Waals surface area contributed by atoms with Crippen molar-refractivity contribution in [3.8, 4) is 0 Å². The fourth-order valence-corrected chi connectivity index (χ4v) is 0.748. The minimum atomic E-state index is 0.762. The minimum absolute atomic E-state index is 0.762. The Labute approximate surface area is 59.0 Å². The summed E-state index contributed by atoms with van der Waals surface area (Å²) in [6.07, 6.45) is 0. The average molecular weight is 136 g/mol. The van der Waals surface area contributed by atoms with Crippen LogP contribution >= 0.6 is 0 Å². The number of hydrogen-bond acceptors (Lipinski definition) is 2. The predicted octanol–water partition coefficient (Wildman–Crippen LogP) is 2.09. The highest BCUT2D eigenvalue weighted by Crippen LogP contribution is 2.12. The molecule has 0 unspecified atom stereocenters. The van der Waals surface area contributed by atoms with Gasteiger partial charge in [0.05, 0.1) is 11.0 Å². The van der Waals surface area contributed by atoms with Gasteiger partial charge in [-0.3, -0.25) is 0 Å². The molecule has 52 valence electrons. The summed E-state index contributed by atoms with van der Waals surface area (Å²) >= 11 is 0. The van der Waals surface area contributed by atoms with Crippen molar-refractivity contribution in [3.63, 3.8) is 0 Å². The fourth-order valence-electron chi connectivity index (χ4n) is 0.748. The molecule has 0 aliphatic carbocycles. The Hall–Kier alpha value is -1.38. The van der Waals surface area contributed by atoms with Crippen molar-refractivity contribution in [3.05, 3.63) is 34.7 Å². The second-order valence-corrected chi connectivity index (χ2v) is 2.02. The van der Waals surface area contributed by atoms with Crippen molar-refractivity contribution < 1.29 is 0 Å². The van der Waals surface area contributed by atoms with E-state index in [9.17, 15) is 4.91 Å². The zero-order valence-corrected chi connectivity index (χ0v) is 5.66. The van der Waals surface area contributed by atoms with Gasteiger partial charge >= 0.3 is 0 Å². The van der Waals surface area contributed by atoms with Crippen LogP contribution in [0.15, 0.2) is 29.6 Å². The Bertz CT molecular complexity index is 235. The maximum atomic E-state index is 9.77. The highest BCUT2D eigenvalue weighted by Gasteiger charge is 1.91. The molecular weight excluding hydrogens is 128 g/mol. The normalized spacial score (nSPS) is 8.90. The molecular formula is C7H8N2O. The van der Waals surface area contributed by atoms with Gasteiger partial charge in [-0.25, -0.2) is 5.43 Å². The monoisotopic (exact) mass is 136 g/mol. The zero-order valence-electron chi connectivity index (χ0n) is 5.66. The molecule has 0 aliphatic heterocycles. The fraction of sp³-hybridized carbons (Fsp3) is 0.143. The Morgan fingerprint density at radius 2 is 2.10 bits per heavy atom. The van der Waals surface area contributed by atoms with Gasteiger partial charge in [-0.15, -0.1) is 4.91 Å². The zero-order chi connectivity index (χ0) is 7.40. The highest BCUT2D eigenvalue weighted by molar-refractivity contribution is 5.49. The van der Waals surface area contributed by atoms with Gasteiger partial charge in [0.1, 0.15) is 0 Å². The van der Waals surface area contributed by atoms with E-state index in [0.717, 1.165) is 11.3 Å². The summed E-state index contributed by atoms with van der Waals surface area (Å²) in [6.45, 7) is 1.91. The number of aryl methyl sites for hydroxylation is 1. The first-order chi connectivity index (χ1) is 4.84. The van der Waals surface area contributed by atoms with E-state index in [0.29, 0.717) is 0 Å². The van der Waals surface area contributed by atoms with Crippen LogP contribution in [-0.4, -0.2) is 0 Å². The van der Waals surface area contributed by atoms with Gasteiger partial charge in [-0.1, -0.05) is 18.2 Å². The van der Waals surface area contributed by atoms with Crippen molar-refractivity contribution >= 4 is 5.69 Å². The van der Waals surface area contributed by atoms with Crippen LogP contribution in [0.25, 0.3) is 0 Å². The van der Waals surface area contributed by atoms with Crippen LogP contribution in [0.4, 0.5) is 5.69 Å². The number of nitroso groups, excluding NO2 is 1. The molecule has 0 fully saturated rings. The molecule has 1 rings (SSSR count). The van der Waals surface area contributed by atoms with Gasteiger partial charge in [0.15, 0.2) is 0 Å². The molecule has 0 radical (unpaired) electrons. The molecule has 1 N–H and O–H groups in total. The minimum Gasteiger partial charge on any atom is -0.242 e. The Balaban J connectivity index is 2.91. The molecule has 3 heteroatoms. The maximum Gasteiger partial charge on any atom is 0.0623 e. The first-order valence-corrected chi connectivity index (χ1v) is 2.98. The first kappa shape index (κ1) is 6.74. The molecule has 0 saturated carbocycles. The second kappa shape index (κ2) is 2.96. The summed E-state index contributed by atoms with van der Waals surface area (Å²) < 4.78 is 0. The van der Waals surface area contributed by atoms with Crippen molar-refractivity contribution in [1.82, 2.24) is 0 Å². The lowest BCUT2D eigenvalue weighted by Crippen LogP contribution is -1.87. The van der Waals surface area contributed by atoms with Crippen molar-refractivity contribution in [2.45, 2.75) is 6.92 Å². The van der Waals surface area contributed by atoms with E-state index in [1.165, 1.54) is 0 Å². The molecule has 1 aromatic carbocycles. The van der Waals surface area contributed by atoms with Gasteiger partial charge in [-0.05, 0) is 18.6 Å². The smallest absolute Gasteiger partial charge is 0.0623 e. The molecule has 10 heavy (non-hydrogen) atoms. The average Bonchev–Trinajstić information content (AvgIpc) is 1.94. The lowest BCUT2D eigenvalue weighted by atomic mass is 10.2. The quantitative estimate of drug-likeness (QED) is 0.499. The van der Waals surface area contributed by atoms with E-state index < -0.39 is 0 Å².